The number of likely N-dealkylation sites (N-methyl/N-ethyl adjacent to an activating group) is 1. The lowest BCUT2D eigenvalue weighted by Gasteiger charge is -2.11. The van der Waals surface area contributed by atoms with Gasteiger partial charge in [-0.3, -0.25) is 4.79 Å². The highest BCUT2D eigenvalue weighted by Gasteiger charge is 2.13. The minimum absolute atomic E-state index is 0.0946. The van der Waals surface area contributed by atoms with Crippen molar-refractivity contribution in [1.29, 1.82) is 5.26 Å². The summed E-state index contributed by atoms with van der Waals surface area (Å²) >= 11 is 0. The Kier molecular flexibility index (Phi) is 6.15. The molecule has 0 bridgehead atoms. The number of aromatic nitrogens is 2. The van der Waals surface area contributed by atoms with E-state index in [0.717, 1.165) is 16.6 Å². The van der Waals surface area contributed by atoms with Crippen LogP contribution in [0.15, 0.2) is 42.5 Å². The zero-order valence-corrected chi connectivity index (χ0v) is 16.6. The summed E-state index contributed by atoms with van der Waals surface area (Å²) in [5, 5.41) is 12.4. The van der Waals surface area contributed by atoms with Crippen molar-refractivity contribution >= 4 is 28.6 Å². The third-order valence-electron chi connectivity index (χ3n) is 4.38. The van der Waals surface area contributed by atoms with E-state index in [1.54, 1.807) is 24.3 Å². The maximum absolute atomic E-state index is 11.6. The maximum atomic E-state index is 11.6. The molecule has 0 saturated carbocycles. The van der Waals surface area contributed by atoms with Gasteiger partial charge in [-0.2, -0.15) is 5.26 Å². The van der Waals surface area contributed by atoms with E-state index in [2.05, 4.69) is 16.4 Å². The molecule has 3 aromatic rings. The normalized spacial score (nSPS) is 11.2. The number of ether oxygens (including phenoxy) is 2. The molecule has 0 saturated heterocycles. The molecule has 0 radical (unpaired) electrons. The van der Waals surface area contributed by atoms with E-state index in [1.165, 1.54) is 7.11 Å². The highest BCUT2D eigenvalue weighted by molar-refractivity contribution is 5.91. The summed E-state index contributed by atoms with van der Waals surface area (Å²) in [5.41, 5.74) is 2.98. The number of hydrogen-bond donors (Lipinski definition) is 1. The van der Waals surface area contributed by atoms with Crippen molar-refractivity contribution in [2.45, 2.75) is 6.92 Å². The number of nitrogens with one attached hydrogen (secondary N) is 1. The van der Waals surface area contributed by atoms with Gasteiger partial charge in [0.2, 0.25) is 0 Å². The van der Waals surface area contributed by atoms with Crippen LogP contribution in [0.2, 0.25) is 0 Å². The van der Waals surface area contributed by atoms with Gasteiger partial charge in [-0.25, -0.2) is 4.98 Å². The predicted molar refractivity (Wildman–Crippen MR) is 111 cm³/mol. The van der Waals surface area contributed by atoms with Gasteiger partial charge < -0.3 is 19.4 Å². The van der Waals surface area contributed by atoms with Crippen LogP contribution in [0.1, 0.15) is 18.3 Å². The van der Waals surface area contributed by atoms with Gasteiger partial charge >= 0.3 is 0 Å². The van der Waals surface area contributed by atoms with Crippen LogP contribution in [0.25, 0.3) is 22.7 Å². The van der Waals surface area contributed by atoms with E-state index in [-0.39, 0.29) is 12.5 Å². The smallest absolute Gasteiger partial charge is 0.257 e. The topological polar surface area (TPSA) is 89.2 Å². The van der Waals surface area contributed by atoms with Gasteiger partial charge in [-0.15, -0.1) is 0 Å². The molecule has 3 rings (SSSR count). The van der Waals surface area contributed by atoms with E-state index in [9.17, 15) is 10.1 Å². The molecule has 7 nitrogen and oxygen atoms in total. The van der Waals surface area contributed by atoms with Crippen LogP contribution in [-0.4, -0.2) is 35.7 Å². The summed E-state index contributed by atoms with van der Waals surface area (Å²) in [5.74, 6) is 1.32. The van der Waals surface area contributed by atoms with Crippen LogP contribution < -0.4 is 14.8 Å². The van der Waals surface area contributed by atoms with Crippen molar-refractivity contribution in [2.75, 3.05) is 20.3 Å². The standard InChI is InChI=1S/C22H22N4O3/c1-4-24-21(27)14-29-19-10-9-15(12-20(19)28-3)11-16(13-23)22-25-17-7-5-6-8-18(17)26(22)2/h5-12H,4,14H2,1-3H3,(H,24,27). The Bertz CT molecular complexity index is 1110. The number of amides is 1. The van der Waals surface area contributed by atoms with Crippen molar-refractivity contribution in [2.24, 2.45) is 7.05 Å². The number of benzene rings is 2. The summed E-state index contributed by atoms with van der Waals surface area (Å²) in [6.45, 7) is 2.29. The van der Waals surface area contributed by atoms with E-state index in [1.807, 2.05) is 42.8 Å². The van der Waals surface area contributed by atoms with Gasteiger partial charge in [0.25, 0.3) is 5.91 Å². The highest BCUT2D eigenvalue weighted by Crippen LogP contribution is 2.30. The average Bonchev–Trinajstić information content (AvgIpc) is 3.07. The summed E-state index contributed by atoms with van der Waals surface area (Å²) < 4.78 is 12.8. The molecular formula is C22H22N4O3. The minimum atomic E-state index is -0.202. The molecule has 0 aliphatic heterocycles. The number of aryl methyl sites for hydroxylation is 1. The van der Waals surface area contributed by atoms with E-state index < -0.39 is 0 Å². The summed E-state index contributed by atoms with van der Waals surface area (Å²) in [7, 11) is 3.41. The Balaban J connectivity index is 1.90. The number of carbonyl (C=O) groups is 1. The average molecular weight is 390 g/mol. The van der Waals surface area contributed by atoms with Crippen LogP contribution >= 0.6 is 0 Å². The number of hydrogen-bond acceptors (Lipinski definition) is 5. The molecule has 0 atom stereocenters. The monoisotopic (exact) mass is 390 g/mol. The molecule has 1 heterocycles. The van der Waals surface area contributed by atoms with Gasteiger partial charge in [0, 0.05) is 13.6 Å². The fraction of sp³-hybridized carbons (Fsp3) is 0.227. The Morgan fingerprint density at radius 3 is 2.76 bits per heavy atom. The molecule has 0 unspecified atom stereocenters. The molecular weight excluding hydrogens is 368 g/mol. The van der Waals surface area contributed by atoms with Crippen molar-refractivity contribution in [3.05, 3.63) is 53.9 Å². The van der Waals surface area contributed by atoms with Gasteiger partial charge in [0.05, 0.1) is 23.7 Å². The molecule has 0 aliphatic carbocycles. The van der Waals surface area contributed by atoms with Gasteiger partial charge in [-0.05, 0) is 42.8 Å². The van der Waals surface area contributed by atoms with E-state index >= 15 is 0 Å². The number of carbonyl (C=O) groups excluding carboxylic acids is 1. The zero-order valence-electron chi connectivity index (χ0n) is 16.6. The largest absolute Gasteiger partial charge is 0.493 e. The Morgan fingerprint density at radius 2 is 2.07 bits per heavy atom. The van der Waals surface area contributed by atoms with Gasteiger partial charge in [-0.1, -0.05) is 18.2 Å². The lowest BCUT2D eigenvalue weighted by atomic mass is 10.1. The molecule has 0 aliphatic rings. The lowest BCUT2D eigenvalue weighted by Crippen LogP contribution is -2.28. The molecule has 1 aromatic heterocycles. The summed E-state index contributed by atoms with van der Waals surface area (Å²) in [4.78, 5) is 16.2. The number of imidazole rings is 1. The first kappa shape index (κ1) is 20.0. The molecule has 0 spiro atoms. The number of rotatable bonds is 7. The number of nitrogens with zero attached hydrogens (tertiary/aromatic N) is 3. The first-order valence-corrected chi connectivity index (χ1v) is 9.18. The van der Waals surface area contributed by atoms with E-state index in [4.69, 9.17) is 9.47 Å². The van der Waals surface area contributed by atoms with Crippen molar-refractivity contribution < 1.29 is 14.3 Å². The SMILES string of the molecule is CCNC(=O)COc1ccc(C=C(C#N)c2nc3ccccc3n2C)cc1OC. The van der Waals surface area contributed by atoms with Crippen LogP contribution in [0.5, 0.6) is 11.5 Å². The molecule has 29 heavy (non-hydrogen) atoms. The molecule has 0 fully saturated rings. The second-order valence-electron chi connectivity index (χ2n) is 6.31. The first-order valence-electron chi connectivity index (χ1n) is 9.18. The number of methoxy groups -OCH3 is 1. The maximum Gasteiger partial charge on any atom is 0.257 e. The molecule has 1 amide bonds. The number of allylic oxidation sites excluding steroid dienone is 1. The minimum Gasteiger partial charge on any atom is -0.493 e. The Hall–Kier alpha value is -3.79. The Morgan fingerprint density at radius 1 is 1.28 bits per heavy atom. The lowest BCUT2D eigenvalue weighted by molar-refractivity contribution is -0.123. The Labute approximate surface area is 169 Å². The second-order valence-corrected chi connectivity index (χ2v) is 6.31. The van der Waals surface area contributed by atoms with E-state index in [0.29, 0.717) is 29.4 Å². The predicted octanol–water partition coefficient (Wildman–Crippen LogP) is 3.16. The van der Waals surface area contributed by atoms with Crippen molar-refractivity contribution in [3.8, 4) is 17.6 Å². The third-order valence-corrected chi connectivity index (χ3v) is 4.38. The zero-order chi connectivity index (χ0) is 20.8. The summed E-state index contributed by atoms with van der Waals surface area (Å²) in [6, 6.07) is 15.2. The van der Waals surface area contributed by atoms with Crippen molar-refractivity contribution in [3.63, 3.8) is 0 Å². The molecule has 148 valence electrons. The fourth-order valence-corrected chi connectivity index (χ4v) is 2.98. The van der Waals surface area contributed by atoms with Crippen LogP contribution in [0.4, 0.5) is 0 Å². The van der Waals surface area contributed by atoms with Crippen LogP contribution in [-0.2, 0) is 11.8 Å². The third kappa shape index (κ3) is 4.38. The van der Waals surface area contributed by atoms with Crippen LogP contribution in [0, 0.1) is 11.3 Å². The highest BCUT2D eigenvalue weighted by atomic mass is 16.5. The number of fused-ring (bicyclic) bond motifs is 1. The summed E-state index contributed by atoms with van der Waals surface area (Å²) in [6.07, 6.45) is 1.75. The van der Waals surface area contributed by atoms with Gasteiger partial charge in [0.15, 0.2) is 23.9 Å². The molecule has 7 heteroatoms. The van der Waals surface area contributed by atoms with Gasteiger partial charge in [0.1, 0.15) is 6.07 Å². The molecule has 1 N–H and O–H groups in total. The second kappa shape index (κ2) is 8.93. The number of para-hydroxylation sites is 2. The first-order chi connectivity index (χ1) is 14.1. The van der Waals surface area contributed by atoms with Crippen LogP contribution in [0.3, 0.4) is 0 Å². The quantitative estimate of drug-likeness (QED) is 0.626. The fourth-order valence-electron chi connectivity index (χ4n) is 2.98. The number of nitriles is 1. The molecule has 2 aromatic carbocycles. The van der Waals surface area contributed by atoms with Crippen molar-refractivity contribution in [1.82, 2.24) is 14.9 Å².